The van der Waals surface area contributed by atoms with Crippen molar-refractivity contribution in [3.05, 3.63) is 74.8 Å². The van der Waals surface area contributed by atoms with Gasteiger partial charge in [-0.15, -0.1) is 0 Å². The molecule has 0 aromatic heterocycles. The molecule has 1 heterocycles. The lowest BCUT2D eigenvalue weighted by Crippen LogP contribution is -2.35. The maximum absolute atomic E-state index is 12.4. The zero-order chi connectivity index (χ0) is 23.3. The molecule has 4 amide bonds. The van der Waals surface area contributed by atoms with Gasteiger partial charge in [-0.05, 0) is 31.0 Å². The number of non-ortho nitro benzene ring substituents is 1. The van der Waals surface area contributed by atoms with Crippen LogP contribution in [0.5, 0.6) is 0 Å². The molecule has 166 valence electrons. The summed E-state index contributed by atoms with van der Waals surface area (Å²) in [7, 11) is 0. The van der Waals surface area contributed by atoms with Gasteiger partial charge >= 0.3 is 0 Å². The van der Waals surface area contributed by atoms with Gasteiger partial charge in [0.15, 0.2) is 0 Å². The van der Waals surface area contributed by atoms with Gasteiger partial charge in [-0.1, -0.05) is 18.2 Å². The highest BCUT2D eigenvalue weighted by atomic mass is 16.6. The van der Waals surface area contributed by atoms with Gasteiger partial charge in [0, 0.05) is 43.8 Å². The molecule has 2 aromatic carbocycles. The van der Waals surface area contributed by atoms with E-state index in [0.29, 0.717) is 5.56 Å². The van der Waals surface area contributed by atoms with Crippen molar-refractivity contribution in [3.8, 4) is 0 Å². The molecule has 2 aromatic rings. The average molecular weight is 438 g/mol. The number of carbonyl (C=O) groups is 4. The van der Waals surface area contributed by atoms with Gasteiger partial charge in [-0.25, -0.2) is 0 Å². The molecule has 10 heteroatoms. The molecule has 0 saturated carbocycles. The number of benzene rings is 2. The molecule has 0 fully saturated rings. The highest BCUT2D eigenvalue weighted by Gasteiger charge is 2.36. The number of nitrogens with zero attached hydrogens (tertiary/aromatic N) is 2. The van der Waals surface area contributed by atoms with Crippen molar-refractivity contribution in [1.82, 2.24) is 15.5 Å². The largest absolute Gasteiger partial charge is 0.354 e. The first-order valence-electron chi connectivity index (χ1n) is 10.0. The minimum absolute atomic E-state index is 0.00181. The van der Waals surface area contributed by atoms with Gasteiger partial charge in [0.25, 0.3) is 23.4 Å². The van der Waals surface area contributed by atoms with E-state index in [0.717, 1.165) is 16.5 Å². The molecule has 0 unspecified atom stereocenters. The Balaban J connectivity index is 1.40. The Bertz CT molecular complexity index is 1100. The lowest BCUT2D eigenvalue weighted by Gasteiger charge is -2.13. The van der Waals surface area contributed by atoms with Crippen molar-refractivity contribution < 1.29 is 24.1 Å². The molecule has 0 radical (unpaired) electrons. The standard InChI is InChI=1S/C22H22N4O6/c1-14-5-2-3-6-16(14)20(28)24-11-10-23-19(27)7-4-12-25-21(29)17-9-8-15(26(31)32)13-18(17)22(25)30/h2-3,5-6,8-9,13H,4,7,10-12H2,1H3,(H,23,27)(H,24,28). The van der Waals surface area contributed by atoms with E-state index in [1.165, 1.54) is 12.1 Å². The van der Waals surface area contributed by atoms with Crippen LogP contribution in [0.4, 0.5) is 5.69 Å². The van der Waals surface area contributed by atoms with Crippen LogP contribution in [0.15, 0.2) is 42.5 Å². The van der Waals surface area contributed by atoms with Crippen LogP contribution in [-0.4, -0.2) is 53.1 Å². The molecule has 0 aliphatic carbocycles. The molecule has 2 N–H and O–H groups in total. The molecule has 0 atom stereocenters. The van der Waals surface area contributed by atoms with E-state index in [2.05, 4.69) is 10.6 Å². The summed E-state index contributed by atoms with van der Waals surface area (Å²) in [5.74, 6) is -1.63. The summed E-state index contributed by atoms with van der Waals surface area (Å²) in [6.45, 7) is 2.37. The van der Waals surface area contributed by atoms with Crippen molar-refractivity contribution in [3.63, 3.8) is 0 Å². The van der Waals surface area contributed by atoms with Crippen LogP contribution < -0.4 is 10.6 Å². The van der Waals surface area contributed by atoms with Crippen LogP contribution in [0, 0.1) is 17.0 Å². The van der Waals surface area contributed by atoms with Gasteiger partial charge in [-0.3, -0.25) is 34.2 Å². The fourth-order valence-electron chi connectivity index (χ4n) is 3.38. The van der Waals surface area contributed by atoms with Crippen molar-refractivity contribution in [2.45, 2.75) is 19.8 Å². The van der Waals surface area contributed by atoms with Gasteiger partial charge in [-0.2, -0.15) is 0 Å². The Hall–Kier alpha value is -4.08. The van der Waals surface area contributed by atoms with E-state index in [1.54, 1.807) is 12.1 Å². The molecule has 32 heavy (non-hydrogen) atoms. The van der Waals surface area contributed by atoms with Crippen molar-refractivity contribution in [2.24, 2.45) is 0 Å². The van der Waals surface area contributed by atoms with E-state index < -0.39 is 16.7 Å². The summed E-state index contributed by atoms with van der Waals surface area (Å²) >= 11 is 0. The van der Waals surface area contributed by atoms with E-state index in [-0.39, 0.29) is 61.1 Å². The molecule has 1 aliphatic heterocycles. The smallest absolute Gasteiger partial charge is 0.270 e. The predicted octanol–water partition coefficient (Wildman–Crippen LogP) is 1.83. The van der Waals surface area contributed by atoms with E-state index in [4.69, 9.17) is 0 Å². The maximum Gasteiger partial charge on any atom is 0.270 e. The molecular formula is C22H22N4O6. The van der Waals surface area contributed by atoms with Crippen LogP contribution in [0.1, 0.15) is 49.5 Å². The van der Waals surface area contributed by atoms with Crippen LogP contribution >= 0.6 is 0 Å². The lowest BCUT2D eigenvalue weighted by molar-refractivity contribution is -0.384. The second-order valence-electron chi connectivity index (χ2n) is 7.27. The average Bonchev–Trinajstić information content (AvgIpc) is 3.01. The summed E-state index contributed by atoms with van der Waals surface area (Å²) in [5.41, 5.74) is 1.29. The van der Waals surface area contributed by atoms with E-state index >= 15 is 0 Å². The Morgan fingerprint density at radius 1 is 1.00 bits per heavy atom. The summed E-state index contributed by atoms with van der Waals surface area (Å²) in [6, 6.07) is 10.7. The Kier molecular flexibility index (Phi) is 6.93. The highest BCUT2D eigenvalue weighted by molar-refractivity contribution is 6.21. The third-order valence-corrected chi connectivity index (χ3v) is 5.07. The van der Waals surface area contributed by atoms with E-state index in [1.807, 2.05) is 19.1 Å². The molecule has 1 aliphatic rings. The molecule has 10 nitrogen and oxygen atoms in total. The third-order valence-electron chi connectivity index (χ3n) is 5.07. The Morgan fingerprint density at radius 3 is 2.41 bits per heavy atom. The Labute approximate surface area is 183 Å². The van der Waals surface area contributed by atoms with Crippen LogP contribution in [0.2, 0.25) is 0 Å². The number of hydrogen-bond donors (Lipinski definition) is 2. The SMILES string of the molecule is Cc1ccccc1C(=O)NCCNC(=O)CCCN1C(=O)c2ccc([N+](=O)[O-])cc2C1=O. The van der Waals surface area contributed by atoms with Crippen LogP contribution in [0.3, 0.4) is 0 Å². The number of aryl methyl sites for hydroxylation is 1. The number of carbonyl (C=O) groups excluding carboxylic acids is 4. The second-order valence-corrected chi connectivity index (χ2v) is 7.27. The summed E-state index contributed by atoms with van der Waals surface area (Å²) in [4.78, 5) is 60.1. The Morgan fingerprint density at radius 2 is 1.69 bits per heavy atom. The molecule has 0 bridgehead atoms. The fourth-order valence-corrected chi connectivity index (χ4v) is 3.38. The molecule has 0 saturated heterocycles. The summed E-state index contributed by atoms with van der Waals surface area (Å²) < 4.78 is 0. The predicted molar refractivity (Wildman–Crippen MR) is 114 cm³/mol. The first kappa shape index (κ1) is 22.6. The van der Waals surface area contributed by atoms with Crippen molar-refractivity contribution in [2.75, 3.05) is 19.6 Å². The summed E-state index contributed by atoms with van der Waals surface area (Å²) in [6.07, 6.45) is 0.328. The van der Waals surface area contributed by atoms with Gasteiger partial charge < -0.3 is 10.6 Å². The fraction of sp³-hybridized carbons (Fsp3) is 0.273. The summed E-state index contributed by atoms with van der Waals surface area (Å²) in [5, 5.41) is 16.3. The van der Waals surface area contributed by atoms with Crippen LogP contribution in [-0.2, 0) is 4.79 Å². The topological polar surface area (TPSA) is 139 Å². The monoisotopic (exact) mass is 438 g/mol. The molecule has 3 rings (SSSR count). The van der Waals surface area contributed by atoms with Gasteiger partial charge in [0.1, 0.15) is 0 Å². The maximum atomic E-state index is 12.4. The van der Waals surface area contributed by atoms with E-state index in [9.17, 15) is 29.3 Å². The first-order chi connectivity index (χ1) is 15.3. The molecular weight excluding hydrogens is 416 g/mol. The molecule has 0 spiro atoms. The minimum Gasteiger partial charge on any atom is -0.354 e. The number of hydrogen-bond acceptors (Lipinski definition) is 6. The van der Waals surface area contributed by atoms with Gasteiger partial charge in [0.05, 0.1) is 16.1 Å². The number of nitro groups is 1. The highest BCUT2D eigenvalue weighted by Crippen LogP contribution is 2.26. The van der Waals surface area contributed by atoms with Gasteiger partial charge in [0.2, 0.25) is 5.91 Å². The van der Waals surface area contributed by atoms with Crippen LogP contribution in [0.25, 0.3) is 0 Å². The zero-order valence-corrected chi connectivity index (χ0v) is 17.4. The number of nitrogens with one attached hydrogen (secondary N) is 2. The third kappa shape index (κ3) is 4.97. The quantitative estimate of drug-likeness (QED) is 0.265. The number of nitro benzene ring substituents is 1. The number of amides is 4. The number of imide groups is 1. The normalized spacial score (nSPS) is 12.5. The van der Waals surface area contributed by atoms with Crippen molar-refractivity contribution >= 4 is 29.3 Å². The number of rotatable bonds is 9. The second kappa shape index (κ2) is 9.82. The van der Waals surface area contributed by atoms with Crippen molar-refractivity contribution in [1.29, 1.82) is 0 Å². The first-order valence-corrected chi connectivity index (χ1v) is 10.0. The lowest BCUT2D eigenvalue weighted by atomic mass is 10.1. The number of fused-ring (bicyclic) bond motifs is 1. The zero-order valence-electron chi connectivity index (χ0n) is 17.4. The minimum atomic E-state index is -0.630.